The lowest BCUT2D eigenvalue weighted by molar-refractivity contribution is -0.172. The molecule has 0 aromatic heterocycles. The highest BCUT2D eigenvalue weighted by Crippen LogP contribution is 2.29. The summed E-state index contributed by atoms with van der Waals surface area (Å²) in [6.07, 6.45) is -1.04. The summed E-state index contributed by atoms with van der Waals surface area (Å²) < 4.78 is 50.9. The van der Waals surface area contributed by atoms with E-state index < -0.39 is 35.6 Å². The van der Waals surface area contributed by atoms with Crippen molar-refractivity contribution in [2.75, 3.05) is 18.1 Å². The van der Waals surface area contributed by atoms with E-state index in [1.54, 1.807) is 6.92 Å². The molecule has 1 aromatic rings. The van der Waals surface area contributed by atoms with Crippen molar-refractivity contribution in [3.63, 3.8) is 0 Å². The van der Waals surface area contributed by atoms with Crippen LogP contribution in [0.5, 0.6) is 0 Å². The van der Waals surface area contributed by atoms with Gasteiger partial charge in [-0.3, -0.25) is 9.69 Å². The van der Waals surface area contributed by atoms with Crippen LogP contribution in [0.2, 0.25) is 0 Å². The SMILES string of the molecule is CCOC(=O)C(=C=NC1CCCCC1)C(C(=O)OCC)N(C(=O)C(F)(F)F)c1ccc(C)cc1. The molecule has 0 heterocycles. The predicted molar refractivity (Wildman–Crippen MR) is 120 cm³/mol. The maximum absolute atomic E-state index is 13.7. The van der Waals surface area contributed by atoms with Gasteiger partial charge >= 0.3 is 24.0 Å². The van der Waals surface area contributed by atoms with Crippen LogP contribution in [0.15, 0.2) is 34.8 Å². The molecule has 1 saturated carbocycles. The maximum Gasteiger partial charge on any atom is 0.471 e. The molecule has 1 amide bonds. The Morgan fingerprint density at radius 3 is 2.18 bits per heavy atom. The van der Waals surface area contributed by atoms with Crippen molar-refractivity contribution in [2.24, 2.45) is 4.99 Å². The van der Waals surface area contributed by atoms with Crippen LogP contribution in [-0.2, 0) is 23.9 Å². The Labute approximate surface area is 196 Å². The molecule has 10 heteroatoms. The zero-order valence-electron chi connectivity index (χ0n) is 19.5. The molecule has 1 unspecified atom stereocenters. The quantitative estimate of drug-likeness (QED) is 0.313. The van der Waals surface area contributed by atoms with E-state index in [2.05, 4.69) is 10.9 Å². The largest absolute Gasteiger partial charge is 0.471 e. The molecular weight excluding hydrogens is 453 g/mol. The topological polar surface area (TPSA) is 85.3 Å². The fourth-order valence-electron chi connectivity index (χ4n) is 3.60. The number of nitrogens with zero attached hydrogens (tertiary/aromatic N) is 2. The van der Waals surface area contributed by atoms with E-state index in [0.29, 0.717) is 0 Å². The first-order chi connectivity index (χ1) is 16.1. The highest BCUT2D eigenvalue weighted by molar-refractivity contribution is 6.12. The van der Waals surface area contributed by atoms with Gasteiger partial charge in [-0.05, 0) is 51.6 Å². The number of hydrogen-bond acceptors (Lipinski definition) is 6. The normalized spacial score (nSPS) is 15.0. The van der Waals surface area contributed by atoms with E-state index in [4.69, 9.17) is 9.47 Å². The molecule has 0 N–H and O–H groups in total. The molecule has 1 aromatic carbocycles. The Kier molecular flexibility index (Phi) is 9.86. The summed E-state index contributed by atoms with van der Waals surface area (Å²) in [6.45, 7) is 4.38. The van der Waals surface area contributed by atoms with Crippen molar-refractivity contribution in [3.05, 3.63) is 35.4 Å². The molecule has 1 fully saturated rings. The molecule has 1 atom stereocenters. The number of halogens is 3. The van der Waals surface area contributed by atoms with Gasteiger partial charge < -0.3 is 9.47 Å². The van der Waals surface area contributed by atoms with E-state index in [9.17, 15) is 27.6 Å². The third kappa shape index (κ3) is 7.18. The summed E-state index contributed by atoms with van der Waals surface area (Å²) >= 11 is 0. The van der Waals surface area contributed by atoms with E-state index in [-0.39, 0.29) is 29.8 Å². The monoisotopic (exact) mass is 482 g/mol. The van der Waals surface area contributed by atoms with Gasteiger partial charge in [0.05, 0.1) is 19.3 Å². The van der Waals surface area contributed by atoms with Crippen molar-refractivity contribution in [2.45, 2.75) is 71.1 Å². The van der Waals surface area contributed by atoms with Crippen molar-refractivity contribution in [1.82, 2.24) is 0 Å². The molecule has 0 bridgehead atoms. The number of ether oxygens (including phenoxy) is 2. The number of anilines is 1. The number of aryl methyl sites for hydroxylation is 1. The van der Waals surface area contributed by atoms with E-state index in [0.717, 1.165) is 37.7 Å². The molecule has 0 saturated heterocycles. The molecule has 1 aliphatic carbocycles. The molecule has 0 radical (unpaired) electrons. The molecule has 186 valence electrons. The predicted octanol–water partition coefficient (Wildman–Crippen LogP) is 4.31. The molecule has 0 spiro atoms. The number of carbonyl (C=O) groups is 3. The second-order valence-corrected chi connectivity index (χ2v) is 7.83. The lowest BCUT2D eigenvalue weighted by atomic mass is 9.96. The second-order valence-electron chi connectivity index (χ2n) is 7.83. The van der Waals surface area contributed by atoms with Gasteiger partial charge in [-0.25, -0.2) is 14.6 Å². The van der Waals surface area contributed by atoms with Gasteiger partial charge in [0.1, 0.15) is 5.57 Å². The summed E-state index contributed by atoms with van der Waals surface area (Å²) in [6, 6.07) is 3.18. The van der Waals surface area contributed by atoms with Crippen molar-refractivity contribution < 1.29 is 37.0 Å². The van der Waals surface area contributed by atoms with Crippen LogP contribution in [0.1, 0.15) is 51.5 Å². The van der Waals surface area contributed by atoms with Gasteiger partial charge in [-0.2, -0.15) is 13.2 Å². The van der Waals surface area contributed by atoms with E-state index >= 15 is 0 Å². The summed E-state index contributed by atoms with van der Waals surface area (Å²) in [5.41, 5.74) is -0.146. The number of hydrogen-bond donors (Lipinski definition) is 0. The summed E-state index contributed by atoms with van der Waals surface area (Å²) in [5, 5.41) is 0. The van der Waals surface area contributed by atoms with Crippen LogP contribution in [0.4, 0.5) is 18.9 Å². The first-order valence-corrected chi connectivity index (χ1v) is 11.2. The fourth-order valence-corrected chi connectivity index (χ4v) is 3.60. The first kappa shape index (κ1) is 27.1. The Bertz CT molecular complexity index is 931. The Hall–Kier alpha value is -3.13. The molecular formula is C24H29F3N2O5. The van der Waals surface area contributed by atoms with Crippen LogP contribution in [-0.4, -0.2) is 55.2 Å². The molecule has 7 nitrogen and oxygen atoms in total. The highest BCUT2D eigenvalue weighted by Gasteiger charge is 2.49. The van der Waals surface area contributed by atoms with Crippen molar-refractivity contribution >= 4 is 29.4 Å². The van der Waals surface area contributed by atoms with Gasteiger partial charge in [0.25, 0.3) is 0 Å². The highest BCUT2D eigenvalue weighted by atomic mass is 19.4. The number of aliphatic imine (C=N–C) groups is 1. The third-order valence-electron chi connectivity index (χ3n) is 5.25. The lowest BCUT2D eigenvalue weighted by Crippen LogP contribution is -2.53. The third-order valence-corrected chi connectivity index (χ3v) is 5.25. The number of alkyl halides is 3. The molecule has 34 heavy (non-hydrogen) atoms. The van der Waals surface area contributed by atoms with Gasteiger partial charge in [-0.1, -0.05) is 37.0 Å². The van der Waals surface area contributed by atoms with Gasteiger partial charge in [0.15, 0.2) is 6.04 Å². The van der Waals surface area contributed by atoms with Crippen LogP contribution < -0.4 is 4.90 Å². The maximum atomic E-state index is 13.7. The smallest absolute Gasteiger partial charge is 0.464 e. The van der Waals surface area contributed by atoms with Gasteiger partial charge in [0, 0.05) is 5.69 Å². The average Bonchev–Trinajstić information content (AvgIpc) is 2.79. The minimum Gasteiger partial charge on any atom is -0.464 e. The Morgan fingerprint density at radius 1 is 1.06 bits per heavy atom. The van der Waals surface area contributed by atoms with Gasteiger partial charge in [-0.15, -0.1) is 0 Å². The minimum atomic E-state index is -5.34. The van der Waals surface area contributed by atoms with E-state index in [1.807, 2.05) is 0 Å². The number of amides is 1. The zero-order valence-corrected chi connectivity index (χ0v) is 19.5. The van der Waals surface area contributed by atoms with Crippen LogP contribution in [0.3, 0.4) is 0 Å². The summed E-state index contributed by atoms with van der Waals surface area (Å²) in [7, 11) is 0. The summed E-state index contributed by atoms with van der Waals surface area (Å²) in [5.74, 6) is -2.18. The molecule has 2 rings (SSSR count). The first-order valence-electron chi connectivity index (χ1n) is 11.2. The number of carbonyl (C=O) groups excluding carboxylic acids is 3. The average molecular weight is 482 g/mol. The lowest BCUT2D eigenvalue weighted by Gasteiger charge is -2.31. The Balaban J connectivity index is 2.73. The number of benzene rings is 1. The zero-order chi connectivity index (χ0) is 25.3. The van der Waals surface area contributed by atoms with Crippen molar-refractivity contribution in [1.29, 1.82) is 0 Å². The standard InChI is InChI=1S/C24H29F3N2O5/c1-4-33-21(30)19(15-28-17-9-7-6-8-10-17)20(22(31)34-5-2)29(23(32)24(25,26)27)18-13-11-16(3)12-14-18/h11-14,17,20H,4-10H2,1-3H3. The van der Waals surface area contributed by atoms with Crippen LogP contribution >= 0.6 is 0 Å². The minimum absolute atomic E-state index is 0.110. The fraction of sp³-hybridized carbons (Fsp3) is 0.542. The Morgan fingerprint density at radius 2 is 1.65 bits per heavy atom. The molecule has 1 aliphatic rings. The summed E-state index contributed by atoms with van der Waals surface area (Å²) in [4.78, 5) is 42.8. The molecule has 0 aliphatic heterocycles. The van der Waals surface area contributed by atoms with Gasteiger partial charge in [0.2, 0.25) is 0 Å². The van der Waals surface area contributed by atoms with E-state index in [1.165, 1.54) is 38.1 Å². The van der Waals surface area contributed by atoms with Crippen molar-refractivity contribution in [3.8, 4) is 0 Å². The number of esters is 2. The van der Waals surface area contributed by atoms with Crippen LogP contribution in [0, 0.1) is 6.92 Å². The van der Waals surface area contributed by atoms with Crippen LogP contribution in [0.25, 0.3) is 0 Å². The number of rotatable bonds is 8. The second kappa shape index (κ2) is 12.4.